The minimum atomic E-state index is -0.467. The predicted molar refractivity (Wildman–Crippen MR) is 77.6 cm³/mol. The lowest BCUT2D eigenvalue weighted by atomic mass is 10.2. The lowest BCUT2D eigenvalue weighted by molar-refractivity contribution is -0.135. The van der Waals surface area contributed by atoms with Crippen LogP contribution in [0, 0.1) is 0 Å². The number of carbonyl (C=O) groups is 1. The van der Waals surface area contributed by atoms with E-state index < -0.39 is 5.97 Å². The Morgan fingerprint density at radius 1 is 1.21 bits per heavy atom. The minimum Gasteiger partial charge on any atom is -0.497 e. The maximum atomic E-state index is 11.3. The SMILES string of the molecule is COC(=O)/C(=C/C=C(\Cl)c1ccc(OC)cc1)CCl. The number of ether oxygens (including phenoxy) is 2. The zero-order valence-electron chi connectivity index (χ0n) is 10.7. The first-order valence-electron chi connectivity index (χ1n) is 5.47. The Kier molecular flexibility index (Phi) is 6.46. The van der Waals surface area contributed by atoms with Gasteiger partial charge in [0.05, 0.1) is 25.7 Å². The molecule has 0 fully saturated rings. The van der Waals surface area contributed by atoms with Gasteiger partial charge in [-0.15, -0.1) is 11.6 Å². The van der Waals surface area contributed by atoms with Crippen LogP contribution in [-0.2, 0) is 9.53 Å². The molecule has 19 heavy (non-hydrogen) atoms. The van der Waals surface area contributed by atoms with Crippen molar-refractivity contribution in [2.45, 2.75) is 0 Å². The summed E-state index contributed by atoms with van der Waals surface area (Å²) in [6, 6.07) is 7.25. The molecule has 0 unspecified atom stereocenters. The zero-order chi connectivity index (χ0) is 14.3. The van der Waals surface area contributed by atoms with Crippen LogP contribution >= 0.6 is 23.2 Å². The first-order valence-corrected chi connectivity index (χ1v) is 6.38. The van der Waals surface area contributed by atoms with Gasteiger partial charge in [-0.05, 0) is 42.0 Å². The number of benzene rings is 1. The number of methoxy groups -OCH3 is 2. The number of hydrogen-bond acceptors (Lipinski definition) is 3. The smallest absolute Gasteiger partial charge is 0.334 e. The van der Waals surface area contributed by atoms with Crippen LogP contribution in [-0.4, -0.2) is 26.1 Å². The Balaban J connectivity index is 2.91. The van der Waals surface area contributed by atoms with E-state index in [0.717, 1.165) is 11.3 Å². The van der Waals surface area contributed by atoms with Gasteiger partial charge in [0.15, 0.2) is 0 Å². The molecule has 102 valence electrons. The van der Waals surface area contributed by atoms with Crippen LogP contribution in [0.4, 0.5) is 0 Å². The molecule has 0 bridgehead atoms. The summed E-state index contributed by atoms with van der Waals surface area (Å²) in [7, 11) is 2.90. The number of halogens is 2. The average Bonchev–Trinajstić information content (AvgIpc) is 2.47. The number of alkyl halides is 1. The number of carbonyl (C=O) groups excluding carboxylic acids is 1. The molecule has 1 aromatic carbocycles. The van der Waals surface area contributed by atoms with E-state index in [1.54, 1.807) is 31.4 Å². The van der Waals surface area contributed by atoms with Crippen LogP contribution in [0.5, 0.6) is 5.75 Å². The lowest BCUT2D eigenvalue weighted by Crippen LogP contribution is -2.05. The Labute approximate surface area is 122 Å². The summed E-state index contributed by atoms with van der Waals surface area (Å²) in [6.45, 7) is 0. The summed E-state index contributed by atoms with van der Waals surface area (Å²) >= 11 is 11.8. The Morgan fingerprint density at radius 3 is 2.32 bits per heavy atom. The summed E-state index contributed by atoms with van der Waals surface area (Å²) < 4.78 is 9.65. The lowest BCUT2D eigenvalue weighted by Gasteiger charge is -2.02. The largest absolute Gasteiger partial charge is 0.497 e. The summed E-state index contributed by atoms with van der Waals surface area (Å²) in [4.78, 5) is 11.3. The molecule has 0 heterocycles. The Hall–Kier alpha value is -1.45. The fourth-order valence-corrected chi connectivity index (χ4v) is 1.71. The first kappa shape index (κ1) is 15.6. The topological polar surface area (TPSA) is 35.5 Å². The third-order valence-electron chi connectivity index (χ3n) is 2.39. The van der Waals surface area contributed by atoms with Crippen molar-refractivity contribution >= 4 is 34.2 Å². The Bertz CT molecular complexity index is 490. The van der Waals surface area contributed by atoms with E-state index >= 15 is 0 Å². The molecule has 0 aliphatic carbocycles. The highest BCUT2D eigenvalue weighted by molar-refractivity contribution is 6.48. The summed E-state index contributed by atoms with van der Waals surface area (Å²) in [5.74, 6) is 0.348. The van der Waals surface area contributed by atoms with Gasteiger partial charge in [-0.2, -0.15) is 0 Å². The Morgan fingerprint density at radius 2 is 1.84 bits per heavy atom. The van der Waals surface area contributed by atoms with Crippen molar-refractivity contribution in [3.8, 4) is 5.75 Å². The molecular weight excluding hydrogens is 287 g/mol. The second-order valence-electron chi connectivity index (χ2n) is 3.56. The molecule has 0 radical (unpaired) electrons. The van der Waals surface area contributed by atoms with Gasteiger partial charge >= 0.3 is 5.97 Å². The standard InChI is InChI=1S/C14H14Cl2O3/c1-18-12-6-3-10(4-7-12)13(16)8-5-11(9-15)14(17)19-2/h3-8H,9H2,1-2H3/b11-5+,13-8-. The van der Waals surface area contributed by atoms with Crippen molar-refractivity contribution in [2.75, 3.05) is 20.1 Å². The van der Waals surface area contributed by atoms with Gasteiger partial charge in [-0.3, -0.25) is 0 Å². The second kappa shape index (κ2) is 7.87. The van der Waals surface area contributed by atoms with Crippen molar-refractivity contribution in [2.24, 2.45) is 0 Å². The maximum absolute atomic E-state index is 11.3. The van der Waals surface area contributed by atoms with E-state index in [2.05, 4.69) is 4.74 Å². The van der Waals surface area contributed by atoms with Crippen LogP contribution in [0.2, 0.25) is 0 Å². The number of rotatable bonds is 5. The quantitative estimate of drug-likeness (QED) is 0.361. The molecular formula is C14H14Cl2O3. The summed E-state index contributed by atoms with van der Waals surface area (Å²) in [6.07, 6.45) is 3.16. The van der Waals surface area contributed by atoms with Gasteiger partial charge in [0.25, 0.3) is 0 Å². The van der Waals surface area contributed by atoms with E-state index in [1.165, 1.54) is 7.11 Å². The van der Waals surface area contributed by atoms with Crippen LogP contribution in [0.15, 0.2) is 42.0 Å². The summed E-state index contributed by atoms with van der Waals surface area (Å²) in [5.41, 5.74) is 1.16. The van der Waals surface area contributed by atoms with Crippen LogP contribution in [0.3, 0.4) is 0 Å². The third-order valence-corrected chi connectivity index (χ3v) is 3.02. The van der Waals surface area contributed by atoms with Crippen molar-refractivity contribution < 1.29 is 14.3 Å². The third kappa shape index (κ3) is 4.62. The highest BCUT2D eigenvalue weighted by atomic mass is 35.5. The van der Waals surface area contributed by atoms with Crippen LogP contribution < -0.4 is 4.74 Å². The fourth-order valence-electron chi connectivity index (χ4n) is 1.32. The molecule has 0 N–H and O–H groups in total. The van der Waals surface area contributed by atoms with Gasteiger partial charge in [0.2, 0.25) is 0 Å². The zero-order valence-corrected chi connectivity index (χ0v) is 12.2. The van der Waals surface area contributed by atoms with Gasteiger partial charge in [-0.1, -0.05) is 11.6 Å². The van der Waals surface area contributed by atoms with E-state index in [4.69, 9.17) is 27.9 Å². The molecule has 1 aromatic rings. The highest BCUT2D eigenvalue weighted by Gasteiger charge is 2.06. The molecule has 0 amide bonds. The normalized spacial score (nSPS) is 12.2. The molecule has 0 atom stereocenters. The molecule has 0 aliphatic heterocycles. The molecule has 5 heteroatoms. The minimum absolute atomic E-state index is 0.0654. The van der Waals surface area contributed by atoms with Crippen molar-refractivity contribution in [3.63, 3.8) is 0 Å². The van der Waals surface area contributed by atoms with Gasteiger partial charge < -0.3 is 9.47 Å². The highest BCUT2D eigenvalue weighted by Crippen LogP contribution is 2.22. The molecule has 3 nitrogen and oxygen atoms in total. The van der Waals surface area contributed by atoms with Crippen LogP contribution in [0.1, 0.15) is 5.56 Å². The molecule has 0 spiro atoms. The fraction of sp³-hybridized carbons (Fsp3) is 0.214. The second-order valence-corrected chi connectivity index (χ2v) is 4.23. The average molecular weight is 301 g/mol. The monoisotopic (exact) mass is 300 g/mol. The van der Waals surface area contributed by atoms with Crippen molar-refractivity contribution in [1.29, 1.82) is 0 Å². The maximum Gasteiger partial charge on any atom is 0.334 e. The van der Waals surface area contributed by atoms with Gasteiger partial charge in [0.1, 0.15) is 5.75 Å². The van der Waals surface area contributed by atoms with Crippen molar-refractivity contribution in [3.05, 3.63) is 47.6 Å². The van der Waals surface area contributed by atoms with Crippen molar-refractivity contribution in [1.82, 2.24) is 0 Å². The number of esters is 1. The van der Waals surface area contributed by atoms with E-state index in [9.17, 15) is 4.79 Å². The van der Waals surface area contributed by atoms with Gasteiger partial charge in [-0.25, -0.2) is 4.79 Å². The van der Waals surface area contributed by atoms with Crippen LogP contribution in [0.25, 0.3) is 5.03 Å². The molecule has 1 rings (SSSR count). The predicted octanol–water partition coefficient (Wildman–Crippen LogP) is 3.61. The summed E-state index contributed by atoms with van der Waals surface area (Å²) in [5, 5.41) is 0.495. The number of hydrogen-bond donors (Lipinski definition) is 0. The molecule has 0 aliphatic rings. The number of allylic oxidation sites excluding steroid dienone is 2. The van der Waals surface area contributed by atoms with E-state index in [-0.39, 0.29) is 5.88 Å². The molecule has 0 saturated carbocycles. The molecule has 0 saturated heterocycles. The van der Waals surface area contributed by atoms with E-state index in [0.29, 0.717) is 10.6 Å². The van der Waals surface area contributed by atoms with E-state index in [1.807, 2.05) is 12.1 Å². The first-order chi connectivity index (χ1) is 9.12. The van der Waals surface area contributed by atoms with Gasteiger partial charge in [0, 0.05) is 5.03 Å². The molecule has 0 aromatic heterocycles.